The van der Waals surface area contributed by atoms with Crippen LogP contribution in [0.1, 0.15) is 50.7 Å². The molecule has 0 aromatic heterocycles. The number of likely N-dealkylation sites (tertiary alicyclic amines) is 1. The lowest BCUT2D eigenvalue weighted by atomic mass is 9.87. The maximum absolute atomic E-state index is 12.1. The van der Waals surface area contributed by atoms with Gasteiger partial charge in [-0.15, -0.1) is 0 Å². The first kappa shape index (κ1) is 17.4. The van der Waals surface area contributed by atoms with Gasteiger partial charge in [0.15, 0.2) is 0 Å². The van der Waals surface area contributed by atoms with E-state index < -0.39 is 5.60 Å². The first-order valence-corrected chi connectivity index (χ1v) is 8.36. The molecule has 5 heteroatoms. The first-order chi connectivity index (χ1) is 10.2. The van der Waals surface area contributed by atoms with Crippen molar-refractivity contribution in [3.63, 3.8) is 0 Å². The number of carbonyl (C=O) groups excluding carboxylic acids is 1. The first-order valence-electron chi connectivity index (χ1n) is 7.61. The lowest BCUT2D eigenvalue weighted by Gasteiger charge is -2.34. The minimum Gasteiger partial charge on any atom is -0.444 e. The number of hydrogen-bond acceptors (Lipinski definition) is 2. The zero-order valence-electron chi connectivity index (χ0n) is 13.6. The van der Waals surface area contributed by atoms with E-state index in [4.69, 9.17) is 27.9 Å². The molecule has 2 rings (SSSR count). The van der Waals surface area contributed by atoms with Gasteiger partial charge in [-0.25, -0.2) is 4.79 Å². The minimum absolute atomic E-state index is 0.230. The molecular weight excluding hydrogens is 321 g/mol. The van der Waals surface area contributed by atoms with E-state index in [9.17, 15) is 4.79 Å². The van der Waals surface area contributed by atoms with Crippen LogP contribution in [-0.2, 0) is 4.74 Å². The Balaban J connectivity index is 2.02. The zero-order chi connectivity index (χ0) is 16.5. The number of nitrogens with zero attached hydrogens (tertiary/aromatic N) is 1. The van der Waals surface area contributed by atoms with Crippen LogP contribution in [0.2, 0.25) is 10.0 Å². The van der Waals surface area contributed by atoms with Crippen molar-refractivity contribution in [3.05, 3.63) is 33.3 Å². The molecule has 0 aliphatic carbocycles. The van der Waals surface area contributed by atoms with Crippen molar-refractivity contribution in [2.24, 2.45) is 0 Å². The summed E-state index contributed by atoms with van der Waals surface area (Å²) in [4.78, 5) is 13.9. The molecule has 0 atom stereocenters. The molecule has 1 fully saturated rings. The van der Waals surface area contributed by atoms with E-state index in [1.54, 1.807) is 11.0 Å². The molecule has 1 aromatic rings. The molecule has 1 amide bonds. The molecule has 0 saturated carbocycles. The van der Waals surface area contributed by atoms with E-state index in [1.165, 1.54) is 5.56 Å². The molecule has 122 valence electrons. The van der Waals surface area contributed by atoms with Gasteiger partial charge in [-0.2, -0.15) is 0 Å². The highest BCUT2D eigenvalue weighted by Crippen LogP contribution is 2.35. The van der Waals surface area contributed by atoms with Crippen LogP contribution in [-0.4, -0.2) is 29.7 Å². The van der Waals surface area contributed by atoms with Crippen molar-refractivity contribution in [2.75, 3.05) is 13.1 Å². The van der Waals surface area contributed by atoms with E-state index in [1.807, 2.05) is 33.8 Å². The van der Waals surface area contributed by atoms with Gasteiger partial charge in [0.1, 0.15) is 5.60 Å². The second kappa shape index (κ2) is 6.67. The molecule has 1 heterocycles. The number of halogens is 2. The zero-order valence-corrected chi connectivity index (χ0v) is 15.1. The van der Waals surface area contributed by atoms with E-state index in [0.29, 0.717) is 29.1 Å². The van der Waals surface area contributed by atoms with Crippen molar-refractivity contribution in [2.45, 2.75) is 52.1 Å². The maximum Gasteiger partial charge on any atom is 0.410 e. The van der Waals surface area contributed by atoms with Crippen LogP contribution in [0.3, 0.4) is 0 Å². The highest BCUT2D eigenvalue weighted by Gasteiger charge is 2.28. The second-order valence-corrected chi connectivity index (χ2v) is 7.69. The summed E-state index contributed by atoms with van der Waals surface area (Å²) in [6.45, 7) is 9.07. The topological polar surface area (TPSA) is 29.5 Å². The maximum atomic E-state index is 12.1. The molecule has 1 aliphatic heterocycles. The largest absolute Gasteiger partial charge is 0.444 e. The van der Waals surface area contributed by atoms with E-state index in [0.717, 1.165) is 18.4 Å². The summed E-state index contributed by atoms with van der Waals surface area (Å²) in [5, 5.41) is 1.37. The number of piperidine rings is 1. The van der Waals surface area contributed by atoms with Crippen LogP contribution in [0.5, 0.6) is 0 Å². The predicted octanol–water partition coefficient (Wildman–Crippen LogP) is 5.42. The Labute approximate surface area is 142 Å². The van der Waals surface area contributed by atoms with Crippen molar-refractivity contribution >= 4 is 29.3 Å². The van der Waals surface area contributed by atoms with Gasteiger partial charge in [0.05, 0.1) is 0 Å². The number of hydrogen-bond donors (Lipinski definition) is 0. The third kappa shape index (κ3) is 4.30. The fourth-order valence-electron chi connectivity index (χ4n) is 2.79. The Morgan fingerprint density at radius 2 is 1.82 bits per heavy atom. The van der Waals surface area contributed by atoms with Crippen LogP contribution < -0.4 is 0 Å². The number of amides is 1. The molecule has 0 unspecified atom stereocenters. The monoisotopic (exact) mass is 343 g/mol. The second-order valence-electron chi connectivity index (χ2n) is 6.84. The molecule has 0 N–H and O–H groups in total. The molecular formula is C17H23Cl2NO2. The van der Waals surface area contributed by atoms with Gasteiger partial charge >= 0.3 is 6.09 Å². The summed E-state index contributed by atoms with van der Waals surface area (Å²) >= 11 is 12.3. The van der Waals surface area contributed by atoms with Gasteiger partial charge in [-0.1, -0.05) is 23.2 Å². The standard InChI is InChI=1S/C17H23Cl2NO2/c1-11-14(9-13(18)10-15(11)19)12-5-7-20(8-6-12)16(21)22-17(2,3)4/h9-10,12H,5-8H2,1-4H3. The summed E-state index contributed by atoms with van der Waals surface area (Å²) in [5.41, 5.74) is 1.83. The van der Waals surface area contributed by atoms with Crippen molar-refractivity contribution < 1.29 is 9.53 Å². The summed E-state index contributed by atoms with van der Waals surface area (Å²) in [6, 6.07) is 3.77. The number of rotatable bonds is 1. The predicted molar refractivity (Wildman–Crippen MR) is 91.0 cm³/mol. The van der Waals surface area contributed by atoms with Gasteiger partial charge in [-0.3, -0.25) is 0 Å². The fourth-order valence-corrected chi connectivity index (χ4v) is 3.30. The molecule has 1 aliphatic rings. The molecule has 1 saturated heterocycles. The minimum atomic E-state index is -0.453. The summed E-state index contributed by atoms with van der Waals surface area (Å²) in [7, 11) is 0. The third-order valence-corrected chi connectivity index (χ3v) is 4.55. The van der Waals surface area contributed by atoms with Gasteiger partial charge in [0, 0.05) is 23.1 Å². The Morgan fingerprint density at radius 1 is 1.23 bits per heavy atom. The van der Waals surface area contributed by atoms with E-state index >= 15 is 0 Å². The summed E-state index contributed by atoms with van der Waals surface area (Å²) in [5.74, 6) is 0.384. The third-order valence-electron chi connectivity index (χ3n) is 3.94. The van der Waals surface area contributed by atoms with Gasteiger partial charge in [-0.05, 0) is 69.7 Å². The molecule has 1 aromatic carbocycles. The van der Waals surface area contributed by atoms with Crippen LogP contribution in [0, 0.1) is 6.92 Å². The van der Waals surface area contributed by atoms with Gasteiger partial charge < -0.3 is 9.64 Å². The lowest BCUT2D eigenvalue weighted by molar-refractivity contribution is 0.0205. The Kier molecular flexibility index (Phi) is 5.29. The number of carbonyl (C=O) groups is 1. The quantitative estimate of drug-likeness (QED) is 0.681. The summed E-state index contributed by atoms with van der Waals surface area (Å²) < 4.78 is 5.42. The number of benzene rings is 1. The van der Waals surface area contributed by atoms with Crippen molar-refractivity contribution in [1.29, 1.82) is 0 Å². The van der Waals surface area contributed by atoms with Crippen molar-refractivity contribution in [3.8, 4) is 0 Å². The Morgan fingerprint density at radius 3 is 2.36 bits per heavy atom. The SMILES string of the molecule is Cc1c(Cl)cc(Cl)cc1C1CCN(C(=O)OC(C)(C)C)CC1. The highest BCUT2D eigenvalue weighted by atomic mass is 35.5. The average molecular weight is 344 g/mol. The summed E-state index contributed by atoms with van der Waals surface area (Å²) in [6.07, 6.45) is 1.57. The van der Waals surface area contributed by atoms with Crippen molar-refractivity contribution in [1.82, 2.24) is 4.90 Å². The fraction of sp³-hybridized carbons (Fsp3) is 0.588. The molecule has 0 radical (unpaired) electrons. The molecule has 3 nitrogen and oxygen atoms in total. The van der Waals surface area contributed by atoms with Crippen LogP contribution >= 0.6 is 23.2 Å². The van der Waals surface area contributed by atoms with E-state index in [2.05, 4.69) is 0 Å². The van der Waals surface area contributed by atoms with Crippen LogP contribution in [0.25, 0.3) is 0 Å². The number of ether oxygens (including phenoxy) is 1. The lowest BCUT2D eigenvalue weighted by Crippen LogP contribution is -2.41. The molecule has 22 heavy (non-hydrogen) atoms. The molecule has 0 bridgehead atoms. The average Bonchev–Trinajstić information content (AvgIpc) is 2.41. The Bertz CT molecular complexity index is 559. The van der Waals surface area contributed by atoms with Crippen LogP contribution in [0.15, 0.2) is 12.1 Å². The highest BCUT2D eigenvalue weighted by molar-refractivity contribution is 6.35. The molecule has 0 spiro atoms. The van der Waals surface area contributed by atoms with Crippen LogP contribution in [0.4, 0.5) is 4.79 Å². The van der Waals surface area contributed by atoms with Gasteiger partial charge in [0.2, 0.25) is 0 Å². The normalized spacial score (nSPS) is 16.7. The Hall–Kier alpha value is -0.930. The van der Waals surface area contributed by atoms with E-state index in [-0.39, 0.29) is 6.09 Å². The smallest absolute Gasteiger partial charge is 0.410 e. The van der Waals surface area contributed by atoms with Gasteiger partial charge in [0.25, 0.3) is 0 Å².